The standard InChI is InChI=1S/C12H16FN3O2/c1-2-18-11(17)10-5-3-4-6-16(10)12-14-7-9(13)8-15-12/h7-8,10H,2-6H2,1H3. The molecule has 1 aromatic rings. The Hall–Kier alpha value is -1.72. The molecule has 18 heavy (non-hydrogen) atoms. The molecule has 0 bridgehead atoms. The molecule has 5 nitrogen and oxygen atoms in total. The number of nitrogens with zero attached hydrogens (tertiary/aromatic N) is 3. The highest BCUT2D eigenvalue weighted by Crippen LogP contribution is 2.22. The molecule has 0 aromatic carbocycles. The first-order chi connectivity index (χ1) is 8.72. The van der Waals surface area contributed by atoms with Gasteiger partial charge in [-0.3, -0.25) is 0 Å². The van der Waals surface area contributed by atoms with Crippen molar-refractivity contribution in [1.29, 1.82) is 0 Å². The number of halogens is 1. The van der Waals surface area contributed by atoms with E-state index in [-0.39, 0.29) is 12.0 Å². The van der Waals surface area contributed by atoms with Gasteiger partial charge in [-0.2, -0.15) is 0 Å². The molecular formula is C12H16FN3O2. The minimum atomic E-state index is -0.483. The molecule has 2 rings (SSSR count). The van der Waals surface area contributed by atoms with Crippen LogP contribution in [0.4, 0.5) is 10.3 Å². The first kappa shape index (κ1) is 12.7. The molecule has 1 saturated heterocycles. The first-order valence-electron chi connectivity index (χ1n) is 6.13. The number of aromatic nitrogens is 2. The van der Waals surface area contributed by atoms with Gasteiger partial charge in [-0.25, -0.2) is 19.2 Å². The summed E-state index contributed by atoms with van der Waals surface area (Å²) in [5.41, 5.74) is 0. The second kappa shape index (κ2) is 5.75. The number of rotatable bonds is 3. The van der Waals surface area contributed by atoms with Crippen LogP contribution in [-0.4, -0.2) is 35.1 Å². The molecule has 1 aliphatic rings. The fraction of sp³-hybridized carbons (Fsp3) is 0.583. The normalized spacial score (nSPS) is 19.7. The Bertz CT molecular complexity index is 410. The number of carbonyl (C=O) groups excluding carboxylic acids is 1. The highest BCUT2D eigenvalue weighted by atomic mass is 19.1. The quantitative estimate of drug-likeness (QED) is 0.765. The van der Waals surface area contributed by atoms with E-state index in [0.29, 0.717) is 19.1 Å². The van der Waals surface area contributed by atoms with Crippen LogP contribution in [0.1, 0.15) is 26.2 Å². The minimum absolute atomic E-state index is 0.259. The van der Waals surface area contributed by atoms with Crippen molar-refractivity contribution in [1.82, 2.24) is 9.97 Å². The fourth-order valence-electron chi connectivity index (χ4n) is 2.11. The number of carbonyl (C=O) groups is 1. The van der Waals surface area contributed by atoms with Gasteiger partial charge in [-0.15, -0.1) is 0 Å². The van der Waals surface area contributed by atoms with Crippen molar-refractivity contribution in [2.75, 3.05) is 18.1 Å². The Morgan fingerprint density at radius 2 is 2.22 bits per heavy atom. The van der Waals surface area contributed by atoms with Gasteiger partial charge in [0.25, 0.3) is 0 Å². The molecule has 0 amide bonds. The van der Waals surface area contributed by atoms with Crippen molar-refractivity contribution in [3.05, 3.63) is 18.2 Å². The average Bonchev–Trinajstić information content (AvgIpc) is 2.40. The van der Waals surface area contributed by atoms with E-state index in [9.17, 15) is 9.18 Å². The van der Waals surface area contributed by atoms with Crippen LogP contribution in [0.5, 0.6) is 0 Å². The summed E-state index contributed by atoms with van der Waals surface area (Å²) in [6, 6.07) is -0.357. The molecule has 1 fully saturated rings. The SMILES string of the molecule is CCOC(=O)C1CCCCN1c1ncc(F)cn1. The zero-order valence-corrected chi connectivity index (χ0v) is 10.3. The van der Waals surface area contributed by atoms with Gasteiger partial charge in [-0.1, -0.05) is 0 Å². The lowest BCUT2D eigenvalue weighted by Crippen LogP contribution is -2.46. The number of piperidine rings is 1. The largest absolute Gasteiger partial charge is 0.464 e. The van der Waals surface area contributed by atoms with E-state index < -0.39 is 5.82 Å². The molecule has 2 heterocycles. The minimum Gasteiger partial charge on any atom is -0.464 e. The Morgan fingerprint density at radius 1 is 1.50 bits per heavy atom. The molecule has 1 unspecified atom stereocenters. The third-order valence-electron chi connectivity index (χ3n) is 2.93. The smallest absolute Gasteiger partial charge is 0.328 e. The number of anilines is 1. The molecule has 0 radical (unpaired) electrons. The lowest BCUT2D eigenvalue weighted by molar-refractivity contribution is -0.145. The second-order valence-corrected chi connectivity index (χ2v) is 4.16. The summed E-state index contributed by atoms with van der Waals surface area (Å²) < 4.78 is 17.8. The molecule has 0 saturated carbocycles. The summed E-state index contributed by atoms with van der Waals surface area (Å²) in [6.07, 6.45) is 4.88. The topological polar surface area (TPSA) is 55.3 Å². The van der Waals surface area contributed by atoms with Gasteiger partial charge in [0.15, 0.2) is 5.82 Å². The molecule has 1 aromatic heterocycles. The third kappa shape index (κ3) is 2.75. The van der Waals surface area contributed by atoms with E-state index in [1.165, 1.54) is 0 Å². The summed E-state index contributed by atoms with van der Waals surface area (Å²) >= 11 is 0. The first-order valence-corrected chi connectivity index (χ1v) is 6.13. The maximum absolute atomic E-state index is 12.8. The van der Waals surface area contributed by atoms with Crippen molar-refractivity contribution in [2.24, 2.45) is 0 Å². The van der Waals surface area contributed by atoms with Gasteiger partial charge < -0.3 is 9.64 Å². The molecule has 1 atom stereocenters. The summed E-state index contributed by atoms with van der Waals surface area (Å²) in [5.74, 6) is -0.359. The van der Waals surface area contributed by atoms with Crippen molar-refractivity contribution in [2.45, 2.75) is 32.2 Å². The van der Waals surface area contributed by atoms with Gasteiger partial charge in [0, 0.05) is 6.54 Å². The fourth-order valence-corrected chi connectivity index (χ4v) is 2.11. The van der Waals surface area contributed by atoms with Crippen LogP contribution in [-0.2, 0) is 9.53 Å². The van der Waals surface area contributed by atoms with Crippen LogP contribution >= 0.6 is 0 Å². The molecular weight excluding hydrogens is 237 g/mol. The molecule has 0 spiro atoms. The average molecular weight is 253 g/mol. The lowest BCUT2D eigenvalue weighted by atomic mass is 10.0. The van der Waals surface area contributed by atoms with E-state index in [2.05, 4.69) is 9.97 Å². The van der Waals surface area contributed by atoms with E-state index in [0.717, 1.165) is 31.7 Å². The van der Waals surface area contributed by atoms with E-state index >= 15 is 0 Å². The van der Waals surface area contributed by atoms with Crippen molar-refractivity contribution in [3.8, 4) is 0 Å². The van der Waals surface area contributed by atoms with Crippen molar-refractivity contribution in [3.63, 3.8) is 0 Å². The highest BCUT2D eigenvalue weighted by molar-refractivity contribution is 5.79. The number of esters is 1. The van der Waals surface area contributed by atoms with Crippen molar-refractivity contribution < 1.29 is 13.9 Å². The lowest BCUT2D eigenvalue weighted by Gasteiger charge is -2.33. The van der Waals surface area contributed by atoms with Crippen LogP contribution in [0, 0.1) is 5.82 Å². The van der Waals surface area contributed by atoms with Crippen LogP contribution in [0.2, 0.25) is 0 Å². The summed E-state index contributed by atoms with van der Waals surface area (Å²) in [6.45, 7) is 2.82. The summed E-state index contributed by atoms with van der Waals surface area (Å²) in [7, 11) is 0. The van der Waals surface area contributed by atoms with E-state index in [4.69, 9.17) is 4.74 Å². The third-order valence-corrected chi connectivity index (χ3v) is 2.93. The van der Waals surface area contributed by atoms with Gasteiger partial charge in [0.1, 0.15) is 6.04 Å². The van der Waals surface area contributed by atoms with Gasteiger partial charge >= 0.3 is 5.97 Å². The van der Waals surface area contributed by atoms with Gasteiger partial charge in [-0.05, 0) is 26.2 Å². The zero-order chi connectivity index (χ0) is 13.0. The molecule has 0 N–H and O–H groups in total. The van der Waals surface area contributed by atoms with Crippen LogP contribution in [0.15, 0.2) is 12.4 Å². The summed E-state index contributed by atoms with van der Waals surface area (Å²) in [5, 5.41) is 0. The zero-order valence-electron chi connectivity index (χ0n) is 10.3. The number of hydrogen-bond donors (Lipinski definition) is 0. The van der Waals surface area contributed by atoms with Crippen molar-refractivity contribution >= 4 is 11.9 Å². The van der Waals surface area contributed by atoms with E-state index in [1.54, 1.807) is 11.8 Å². The molecule has 0 aliphatic carbocycles. The second-order valence-electron chi connectivity index (χ2n) is 4.16. The number of hydrogen-bond acceptors (Lipinski definition) is 5. The predicted molar refractivity (Wildman–Crippen MR) is 63.6 cm³/mol. The Labute approximate surface area is 105 Å². The van der Waals surface area contributed by atoms with Crippen LogP contribution < -0.4 is 4.90 Å². The number of ether oxygens (including phenoxy) is 1. The predicted octanol–water partition coefficient (Wildman–Crippen LogP) is 1.54. The van der Waals surface area contributed by atoms with Gasteiger partial charge in [0.2, 0.25) is 5.95 Å². The monoisotopic (exact) mass is 253 g/mol. The molecule has 98 valence electrons. The maximum atomic E-state index is 12.8. The van der Waals surface area contributed by atoms with E-state index in [1.807, 2.05) is 0 Å². The van der Waals surface area contributed by atoms with Crippen LogP contribution in [0.25, 0.3) is 0 Å². The Kier molecular flexibility index (Phi) is 4.07. The Morgan fingerprint density at radius 3 is 2.89 bits per heavy atom. The van der Waals surface area contributed by atoms with Gasteiger partial charge in [0.05, 0.1) is 19.0 Å². The maximum Gasteiger partial charge on any atom is 0.328 e. The summed E-state index contributed by atoms with van der Waals surface area (Å²) in [4.78, 5) is 21.5. The Balaban J connectivity index is 2.17. The molecule has 1 aliphatic heterocycles. The molecule has 6 heteroatoms. The highest BCUT2D eigenvalue weighted by Gasteiger charge is 2.31. The van der Waals surface area contributed by atoms with Crippen LogP contribution in [0.3, 0.4) is 0 Å².